The van der Waals surface area contributed by atoms with Crippen molar-refractivity contribution in [1.82, 2.24) is 19.4 Å². The molecular formula is C12H18N4O2. The third-order valence-electron chi connectivity index (χ3n) is 2.58. The zero-order chi connectivity index (χ0) is 13.0. The molecule has 0 radical (unpaired) electrons. The lowest BCUT2D eigenvalue weighted by atomic mass is 10.1. The highest BCUT2D eigenvalue weighted by Crippen LogP contribution is 2.20. The minimum absolute atomic E-state index is 0.00639. The van der Waals surface area contributed by atoms with Crippen molar-refractivity contribution in [3.05, 3.63) is 36.4 Å². The van der Waals surface area contributed by atoms with E-state index in [4.69, 9.17) is 9.68 Å². The molecule has 0 unspecified atom stereocenters. The van der Waals surface area contributed by atoms with Crippen LogP contribution in [-0.2, 0) is 0 Å². The molecule has 2 heterocycles. The minimum atomic E-state index is -0.00639. The summed E-state index contributed by atoms with van der Waals surface area (Å²) >= 11 is 0. The van der Waals surface area contributed by atoms with Crippen molar-refractivity contribution < 1.29 is 9.68 Å². The van der Waals surface area contributed by atoms with E-state index in [2.05, 4.69) is 9.97 Å². The largest absolute Gasteiger partial charge is 0.413 e. The molecule has 0 saturated carbocycles. The van der Waals surface area contributed by atoms with Gasteiger partial charge in [-0.3, -0.25) is 0 Å². The van der Waals surface area contributed by atoms with E-state index in [9.17, 15) is 0 Å². The molecule has 0 spiro atoms. The molecule has 0 saturated heterocycles. The molecule has 6 nitrogen and oxygen atoms in total. The lowest BCUT2D eigenvalue weighted by molar-refractivity contribution is 0.102. The normalized spacial score (nSPS) is 10.9. The number of imidazole rings is 2. The van der Waals surface area contributed by atoms with Gasteiger partial charge in [-0.25, -0.2) is 9.97 Å². The van der Waals surface area contributed by atoms with Crippen LogP contribution in [0.25, 0.3) is 0 Å². The Morgan fingerprint density at radius 1 is 1.00 bits per heavy atom. The molecule has 0 aliphatic rings. The first-order chi connectivity index (χ1) is 8.77. The Balaban J connectivity index is 2.26. The summed E-state index contributed by atoms with van der Waals surface area (Å²) in [6.07, 6.45) is 7.03. The van der Waals surface area contributed by atoms with Gasteiger partial charge in [0.15, 0.2) is 11.6 Å². The minimum Gasteiger partial charge on any atom is -0.413 e. The first-order valence-corrected chi connectivity index (χ1v) is 6.11. The average Bonchev–Trinajstić information content (AvgIpc) is 2.98. The van der Waals surface area contributed by atoms with Crippen molar-refractivity contribution >= 4 is 0 Å². The molecular weight excluding hydrogens is 232 g/mol. The van der Waals surface area contributed by atoms with Gasteiger partial charge in [0.2, 0.25) is 0 Å². The molecule has 0 aromatic carbocycles. The lowest BCUT2D eigenvalue weighted by Gasteiger charge is -2.15. The maximum atomic E-state index is 5.47. The summed E-state index contributed by atoms with van der Waals surface area (Å²) in [6.45, 7) is 7.09. The maximum Gasteiger partial charge on any atom is 0.155 e. The van der Waals surface area contributed by atoms with Gasteiger partial charge in [0, 0.05) is 12.4 Å². The summed E-state index contributed by atoms with van der Waals surface area (Å²) in [4.78, 5) is 19.6. The highest BCUT2D eigenvalue weighted by molar-refractivity contribution is 5.11. The molecule has 0 N–H and O–H groups in total. The fourth-order valence-electron chi connectivity index (χ4n) is 1.82. The molecule has 0 atom stereocenters. The predicted molar refractivity (Wildman–Crippen MR) is 66.2 cm³/mol. The first-order valence-electron chi connectivity index (χ1n) is 6.11. The molecule has 98 valence electrons. The average molecular weight is 250 g/mol. The second-order valence-corrected chi connectivity index (χ2v) is 3.78. The predicted octanol–water partition coefficient (Wildman–Crippen LogP) is 1.13. The molecule has 0 fully saturated rings. The molecule has 0 aliphatic carbocycles. The molecule has 2 rings (SSSR count). The summed E-state index contributed by atoms with van der Waals surface area (Å²) in [5.41, 5.74) is 0. The SMILES string of the molecule is CCOn1ccnc1C(C)c1nccn1OCC. The highest BCUT2D eigenvalue weighted by atomic mass is 16.7. The Bertz CT molecular complexity index is 447. The van der Waals surface area contributed by atoms with Crippen LogP contribution >= 0.6 is 0 Å². The summed E-state index contributed by atoms with van der Waals surface area (Å²) in [7, 11) is 0. The standard InChI is InChI=1S/C12H18N4O2/c1-4-17-15-8-6-13-11(15)10(3)12-14-7-9-16(12)18-5-2/h6-10H,4-5H2,1-3H3. The summed E-state index contributed by atoms with van der Waals surface area (Å²) in [5.74, 6) is 1.61. The van der Waals surface area contributed by atoms with Gasteiger partial charge in [0.1, 0.15) is 13.2 Å². The van der Waals surface area contributed by atoms with Crippen LogP contribution in [0.15, 0.2) is 24.8 Å². The second-order valence-electron chi connectivity index (χ2n) is 3.78. The van der Waals surface area contributed by atoms with Crippen LogP contribution in [0.3, 0.4) is 0 Å². The number of hydrogen-bond acceptors (Lipinski definition) is 4. The van der Waals surface area contributed by atoms with E-state index in [0.29, 0.717) is 13.2 Å². The van der Waals surface area contributed by atoms with Gasteiger partial charge in [0.05, 0.1) is 18.3 Å². The summed E-state index contributed by atoms with van der Waals surface area (Å²) in [6, 6.07) is 0. The van der Waals surface area contributed by atoms with Crippen LogP contribution in [0, 0.1) is 0 Å². The molecule has 2 aromatic heterocycles. The molecule has 0 aliphatic heterocycles. The van der Waals surface area contributed by atoms with E-state index in [1.165, 1.54) is 0 Å². The number of aromatic nitrogens is 4. The van der Waals surface area contributed by atoms with E-state index in [-0.39, 0.29) is 5.92 Å². The van der Waals surface area contributed by atoms with Crippen molar-refractivity contribution in [3.63, 3.8) is 0 Å². The van der Waals surface area contributed by atoms with Gasteiger partial charge in [-0.2, -0.15) is 9.46 Å². The van der Waals surface area contributed by atoms with Crippen LogP contribution in [0.2, 0.25) is 0 Å². The van der Waals surface area contributed by atoms with Crippen LogP contribution in [0.4, 0.5) is 0 Å². The fraction of sp³-hybridized carbons (Fsp3) is 0.500. The van der Waals surface area contributed by atoms with Gasteiger partial charge in [-0.05, 0) is 20.8 Å². The Labute approximate surface area is 106 Å². The van der Waals surface area contributed by atoms with E-state index in [0.717, 1.165) is 11.6 Å². The van der Waals surface area contributed by atoms with Crippen LogP contribution in [0.5, 0.6) is 0 Å². The Hall–Kier alpha value is -1.98. The van der Waals surface area contributed by atoms with E-state index >= 15 is 0 Å². The smallest absolute Gasteiger partial charge is 0.155 e. The third kappa shape index (κ3) is 2.32. The van der Waals surface area contributed by atoms with Crippen molar-refractivity contribution in [2.24, 2.45) is 0 Å². The van der Waals surface area contributed by atoms with Crippen molar-refractivity contribution in [1.29, 1.82) is 0 Å². The number of rotatable bonds is 6. The molecule has 18 heavy (non-hydrogen) atoms. The van der Waals surface area contributed by atoms with E-state index < -0.39 is 0 Å². The van der Waals surface area contributed by atoms with Crippen molar-refractivity contribution in [2.45, 2.75) is 26.7 Å². The Morgan fingerprint density at radius 3 is 1.83 bits per heavy atom. The highest BCUT2D eigenvalue weighted by Gasteiger charge is 2.20. The maximum absolute atomic E-state index is 5.47. The summed E-state index contributed by atoms with van der Waals surface area (Å²) < 4.78 is 3.35. The van der Waals surface area contributed by atoms with Crippen molar-refractivity contribution in [3.8, 4) is 0 Å². The first kappa shape index (κ1) is 12.5. The zero-order valence-electron chi connectivity index (χ0n) is 10.9. The summed E-state index contributed by atoms with van der Waals surface area (Å²) in [5, 5.41) is 0. The van der Waals surface area contributed by atoms with Crippen LogP contribution in [-0.4, -0.2) is 32.6 Å². The van der Waals surface area contributed by atoms with E-state index in [1.807, 2.05) is 20.8 Å². The quantitative estimate of drug-likeness (QED) is 0.771. The Kier molecular flexibility index (Phi) is 3.86. The third-order valence-corrected chi connectivity index (χ3v) is 2.58. The van der Waals surface area contributed by atoms with Gasteiger partial charge in [-0.15, -0.1) is 0 Å². The van der Waals surface area contributed by atoms with Gasteiger partial charge in [0.25, 0.3) is 0 Å². The number of nitrogens with zero attached hydrogens (tertiary/aromatic N) is 4. The van der Waals surface area contributed by atoms with Gasteiger partial charge < -0.3 is 9.68 Å². The van der Waals surface area contributed by atoms with Crippen LogP contribution < -0.4 is 9.68 Å². The zero-order valence-corrected chi connectivity index (χ0v) is 10.9. The second kappa shape index (κ2) is 5.57. The topological polar surface area (TPSA) is 54.1 Å². The fourth-order valence-corrected chi connectivity index (χ4v) is 1.82. The van der Waals surface area contributed by atoms with E-state index in [1.54, 1.807) is 34.2 Å². The lowest BCUT2D eigenvalue weighted by Crippen LogP contribution is -2.20. The van der Waals surface area contributed by atoms with Crippen molar-refractivity contribution in [2.75, 3.05) is 13.2 Å². The van der Waals surface area contributed by atoms with Gasteiger partial charge in [-0.1, -0.05) is 0 Å². The molecule has 0 bridgehead atoms. The number of hydrogen-bond donors (Lipinski definition) is 0. The van der Waals surface area contributed by atoms with Gasteiger partial charge >= 0.3 is 0 Å². The molecule has 6 heteroatoms. The van der Waals surface area contributed by atoms with Crippen LogP contribution in [0.1, 0.15) is 38.3 Å². The monoisotopic (exact) mass is 250 g/mol. The molecule has 0 amide bonds. The Morgan fingerprint density at radius 2 is 1.44 bits per heavy atom. The molecule has 2 aromatic rings.